The van der Waals surface area contributed by atoms with Crippen molar-refractivity contribution in [1.29, 1.82) is 0 Å². The fourth-order valence-electron chi connectivity index (χ4n) is 12.3. The summed E-state index contributed by atoms with van der Waals surface area (Å²) in [5.41, 5.74) is 21.0. The average molecular weight is 948 g/mol. The van der Waals surface area contributed by atoms with Crippen LogP contribution in [0.3, 0.4) is 0 Å². The summed E-state index contributed by atoms with van der Waals surface area (Å²) in [5, 5.41) is 3.99. The van der Waals surface area contributed by atoms with Crippen molar-refractivity contribution in [3.63, 3.8) is 0 Å². The monoisotopic (exact) mass is 948 g/mol. The predicted molar refractivity (Wildman–Crippen MR) is 311 cm³/mol. The maximum atomic E-state index is 2.73. The molecular formula is C66H70BN3S. The highest BCUT2D eigenvalue weighted by atomic mass is 32.1. The van der Waals surface area contributed by atoms with E-state index < -0.39 is 0 Å². The third-order valence-corrected chi connectivity index (χ3v) is 17.6. The molecule has 3 aliphatic rings. The van der Waals surface area contributed by atoms with E-state index >= 15 is 0 Å². The van der Waals surface area contributed by atoms with E-state index in [1.165, 1.54) is 147 Å². The molecular weight excluding hydrogens is 878 g/mol. The topological polar surface area (TPSA) is 11.4 Å². The Morgan fingerprint density at radius 3 is 1.58 bits per heavy atom. The van der Waals surface area contributed by atoms with Crippen molar-refractivity contribution in [2.24, 2.45) is 0 Å². The molecule has 1 fully saturated rings. The molecule has 0 unspecified atom stereocenters. The fourth-order valence-corrected chi connectivity index (χ4v) is 13.6. The van der Waals surface area contributed by atoms with Crippen molar-refractivity contribution < 1.29 is 0 Å². The van der Waals surface area contributed by atoms with Crippen molar-refractivity contribution in [2.75, 3.05) is 9.80 Å². The van der Waals surface area contributed by atoms with E-state index in [0.717, 1.165) is 0 Å². The SMILES string of the molecule is CC(C)(C)c1ccc(N2c3ccc(C(C)(C)C)cc3B3c4c2cc(C2CCCCC2)cc4N(c2ccc(C(C)(C)C)cc2)c2c3n(-c3ccc(C(C)(C)C)cc3)c3ccc4c5ccccc5sc4c23)cc1. The first-order valence-electron chi connectivity index (χ1n) is 26.5. The summed E-state index contributed by atoms with van der Waals surface area (Å²) in [6.07, 6.45) is 6.34. The lowest BCUT2D eigenvalue weighted by atomic mass is 9.34. The highest BCUT2D eigenvalue weighted by Crippen LogP contribution is 2.52. The zero-order chi connectivity index (χ0) is 49.5. The molecule has 1 saturated carbocycles. The van der Waals surface area contributed by atoms with Gasteiger partial charge in [0.05, 0.1) is 11.2 Å². The van der Waals surface area contributed by atoms with Gasteiger partial charge in [0.1, 0.15) is 0 Å². The minimum atomic E-state index is -0.0676. The van der Waals surface area contributed by atoms with Crippen molar-refractivity contribution in [3.8, 4) is 5.69 Å². The minimum Gasteiger partial charge on any atom is -0.319 e. The summed E-state index contributed by atoms with van der Waals surface area (Å²) in [6, 6.07) is 55.4. The highest BCUT2D eigenvalue weighted by molar-refractivity contribution is 7.26. The van der Waals surface area contributed by atoms with Crippen LogP contribution in [0.5, 0.6) is 0 Å². The third kappa shape index (κ3) is 7.50. The van der Waals surface area contributed by atoms with Gasteiger partial charge in [-0.2, -0.15) is 0 Å². The van der Waals surface area contributed by atoms with Gasteiger partial charge in [0.2, 0.25) is 0 Å². The Morgan fingerprint density at radius 2 is 1.00 bits per heavy atom. The molecule has 0 amide bonds. The molecule has 0 saturated heterocycles. The van der Waals surface area contributed by atoms with Crippen LogP contribution in [0.25, 0.3) is 36.8 Å². The largest absolute Gasteiger partial charge is 0.319 e. The second kappa shape index (κ2) is 16.2. The van der Waals surface area contributed by atoms with Gasteiger partial charge in [-0.3, -0.25) is 0 Å². The van der Waals surface area contributed by atoms with Crippen LogP contribution < -0.4 is 26.3 Å². The molecule has 2 aromatic heterocycles. The number of hydrogen-bond donors (Lipinski definition) is 0. The molecule has 3 nitrogen and oxygen atoms in total. The minimum absolute atomic E-state index is 0.0206. The van der Waals surface area contributed by atoms with Crippen molar-refractivity contribution in [2.45, 2.75) is 143 Å². The molecule has 0 N–H and O–H groups in total. The van der Waals surface area contributed by atoms with E-state index in [1.807, 2.05) is 11.3 Å². The molecule has 358 valence electrons. The number of benzene rings is 7. The zero-order valence-electron chi connectivity index (χ0n) is 44.2. The van der Waals surface area contributed by atoms with Crippen LogP contribution in [0, 0.1) is 0 Å². The van der Waals surface area contributed by atoms with Gasteiger partial charge in [0, 0.05) is 65.3 Å². The molecule has 1 aliphatic carbocycles. The molecule has 0 radical (unpaired) electrons. The van der Waals surface area contributed by atoms with E-state index in [4.69, 9.17) is 0 Å². The van der Waals surface area contributed by atoms with Gasteiger partial charge in [-0.25, -0.2) is 0 Å². The second-order valence-electron chi connectivity index (χ2n) is 25.3. The Labute approximate surface area is 427 Å². The summed E-state index contributed by atoms with van der Waals surface area (Å²) >= 11 is 1.96. The second-order valence-corrected chi connectivity index (χ2v) is 26.4. The summed E-state index contributed by atoms with van der Waals surface area (Å²) in [5.74, 6) is 0.502. The van der Waals surface area contributed by atoms with Gasteiger partial charge in [-0.15, -0.1) is 11.3 Å². The lowest BCUT2D eigenvalue weighted by Gasteiger charge is -2.45. The van der Waals surface area contributed by atoms with E-state index in [0.29, 0.717) is 5.92 Å². The standard InChI is InChI=1S/C66H70BN3S/c1-63(2,3)43-22-29-47(30-23-43)68-53-36-28-46(66(10,11)12)40-52(53)67-59-55(68)38-42(41-18-14-13-15-19-41)39-56(59)69(48-31-24-44(25-32-48)64(4,5)6)60-58-54(37-35-51-50-20-16-17-21-57(50)71-61(51)58)70(62(60)67)49-33-26-45(27-34-49)65(7,8)9/h16-17,20-41H,13-15,18-19H2,1-12H3. The van der Waals surface area contributed by atoms with Crippen LogP contribution >= 0.6 is 11.3 Å². The maximum absolute atomic E-state index is 2.73. The van der Waals surface area contributed by atoms with Gasteiger partial charge in [-0.05, 0) is 146 Å². The predicted octanol–water partition coefficient (Wildman–Crippen LogP) is 17.3. The molecule has 5 heteroatoms. The van der Waals surface area contributed by atoms with Crippen LogP contribution in [-0.4, -0.2) is 11.3 Å². The van der Waals surface area contributed by atoms with Crippen molar-refractivity contribution in [3.05, 3.63) is 167 Å². The molecule has 71 heavy (non-hydrogen) atoms. The molecule has 7 aromatic carbocycles. The van der Waals surface area contributed by atoms with E-state index in [1.54, 1.807) is 0 Å². The number of hydrogen-bond acceptors (Lipinski definition) is 3. The van der Waals surface area contributed by atoms with Gasteiger partial charge in [0.15, 0.2) is 0 Å². The smallest absolute Gasteiger partial charge is 0.273 e. The van der Waals surface area contributed by atoms with E-state index in [9.17, 15) is 0 Å². The molecule has 0 bridgehead atoms. The molecule has 0 spiro atoms. The first-order chi connectivity index (χ1) is 33.8. The van der Waals surface area contributed by atoms with Crippen LogP contribution in [0.4, 0.5) is 34.1 Å². The molecule has 4 heterocycles. The first-order valence-corrected chi connectivity index (χ1v) is 27.3. The Kier molecular flexibility index (Phi) is 10.5. The molecule has 0 atom stereocenters. The molecule has 12 rings (SSSR count). The summed E-state index contributed by atoms with van der Waals surface area (Å²) in [6.45, 7) is 28.0. The number of aromatic nitrogens is 1. The van der Waals surface area contributed by atoms with Crippen LogP contribution in [0.2, 0.25) is 0 Å². The van der Waals surface area contributed by atoms with Crippen molar-refractivity contribution >= 4 is 99.8 Å². The molecule has 2 aliphatic heterocycles. The Morgan fingerprint density at radius 1 is 0.479 bits per heavy atom. The highest BCUT2D eigenvalue weighted by Gasteiger charge is 2.48. The van der Waals surface area contributed by atoms with E-state index in [2.05, 4.69) is 237 Å². The summed E-state index contributed by atoms with van der Waals surface area (Å²) in [4.78, 5) is 5.38. The van der Waals surface area contributed by atoms with Crippen LogP contribution in [0.1, 0.15) is 149 Å². The third-order valence-electron chi connectivity index (χ3n) is 16.4. The van der Waals surface area contributed by atoms with Gasteiger partial charge in [0.25, 0.3) is 6.71 Å². The van der Waals surface area contributed by atoms with Gasteiger partial charge >= 0.3 is 0 Å². The number of thiophene rings is 1. The Hall–Kier alpha value is -6.04. The number of nitrogens with zero attached hydrogens (tertiary/aromatic N) is 3. The normalized spacial score (nSPS) is 15.5. The lowest BCUT2D eigenvalue weighted by Crippen LogP contribution is -2.63. The van der Waals surface area contributed by atoms with Crippen LogP contribution in [0.15, 0.2) is 140 Å². The Balaban J connectivity index is 1.27. The van der Waals surface area contributed by atoms with E-state index in [-0.39, 0.29) is 28.4 Å². The van der Waals surface area contributed by atoms with Gasteiger partial charge in [-0.1, -0.05) is 175 Å². The fraction of sp³-hybridized carbons (Fsp3) is 0.333. The maximum Gasteiger partial charge on any atom is 0.273 e. The summed E-state index contributed by atoms with van der Waals surface area (Å²) in [7, 11) is 0. The number of anilines is 6. The lowest BCUT2D eigenvalue weighted by molar-refractivity contribution is 0.444. The van der Waals surface area contributed by atoms with Crippen LogP contribution in [-0.2, 0) is 21.7 Å². The Bertz CT molecular complexity index is 3540. The zero-order valence-corrected chi connectivity index (χ0v) is 45.0. The number of rotatable bonds is 4. The summed E-state index contributed by atoms with van der Waals surface area (Å²) < 4.78 is 5.37. The number of fused-ring (bicyclic) bond motifs is 10. The average Bonchev–Trinajstić information content (AvgIpc) is 3.89. The van der Waals surface area contributed by atoms with Gasteiger partial charge < -0.3 is 14.4 Å². The first kappa shape index (κ1) is 46.1. The quantitative estimate of drug-likeness (QED) is 0.163. The molecule has 9 aromatic rings. The van der Waals surface area contributed by atoms with Crippen molar-refractivity contribution in [1.82, 2.24) is 4.57 Å².